The lowest BCUT2D eigenvalue weighted by Gasteiger charge is -1.99. The molecule has 1 rings (SSSR count). The molecule has 0 atom stereocenters. The molecular formula is C11H12N2O. The van der Waals surface area contributed by atoms with Crippen molar-refractivity contribution in [3.63, 3.8) is 0 Å². The van der Waals surface area contributed by atoms with Crippen molar-refractivity contribution in [2.24, 2.45) is 5.73 Å². The first kappa shape index (κ1) is 10.3. The largest absolute Gasteiger partial charge is 0.370 e. The van der Waals surface area contributed by atoms with Gasteiger partial charge in [0, 0.05) is 6.42 Å². The van der Waals surface area contributed by atoms with Crippen LogP contribution in [0.25, 0.3) is 0 Å². The topological polar surface area (TPSA) is 66.9 Å². The molecule has 3 nitrogen and oxygen atoms in total. The van der Waals surface area contributed by atoms with Gasteiger partial charge in [-0.1, -0.05) is 12.1 Å². The van der Waals surface area contributed by atoms with Crippen LogP contribution in [0.1, 0.15) is 24.0 Å². The van der Waals surface area contributed by atoms with Gasteiger partial charge in [0.15, 0.2) is 0 Å². The lowest BCUT2D eigenvalue weighted by atomic mass is 10.1. The third kappa shape index (κ3) is 3.28. The molecule has 14 heavy (non-hydrogen) atoms. The van der Waals surface area contributed by atoms with Crippen molar-refractivity contribution in [2.75, 3.05) is 0 Å². The zero-order valence-corrected chi connectivity index (χ0v) is 7.86. The van der Waals surface area contributed by atoms with Crippen molar-refractivity contribution >= 4 is 5.91 Å². The van der Waals surface area contributed by atoms with Gasteiger partial charge in [0.1, 0.15) is 0 Å². The van der Waals surface area contributed by atoms with E-state index in [9.17, 15) is 4.79 Å². The van der Waals surface area contributed by atoms with Crippen molar-refractivity contribution in [2.45, 2.75) is 19.3 Å². The fraction of sp³-hybridized carbons (Fsp3) is 0.273. The third-order valence-electron chi connectivity index (χ3n) is 1.94. The van der Waals surface area contributed by atoms with Gasteiger partial charge >= 0.3 is 0 Å². The Morgan fingerprint density at radius 1 is 1.50 bits per heavy atom. The molecule has 1 aromatic carbocycles. The Bertz CT molecular complexity index is 366. The minimum atomic E-state index is -0.276. The molecular weight excluding hydrogens is 176 g/mol. The SMILES string of the molecule is N#Cc1cccc(CCCC(N)=O)c1. The van der Waals surface area contributed by atoms with Crippen LogP contribution in [0.4, 0.5) is 0 Å². The number of nitriles is 1. The van der Waals surface area contributed by atoms with Crippen LogP contribution in [0.3, 0.4) is 0 Å². The van der Waals surface area contributed by atoms with Gasteiger partial charge in [-0.25, -0.2) is 0 Å². The van der Waals surface area contributed by atoms with Gasteiger partial charge in [-0.05, 0) is 30.5 Å². The molecule has 1 aromatic rings. The molecule has 0 unspecified atom stereocenters. The maximum atomic E-state index is 10.5. The van der Waals surface area contributed by atoms with E-state index in [4.69, 9.17) is 11.0 Å². The first-order chi connectivity index (χ1) is 6.72. The summed E-state index contributed by atoms with van der Waals surface area (Å²) >= 11 is 0. The molecule has 0 aliphatic heterocycles. The van der Waals surface area contributed by atoms with Crippen LogP contribution >= 0.6 is 0 Å². The van der Waals surface area contributed by atoms with Crippen LogP contribution < -0.4 is 5.73 Å². The molecule has 2 N–H and O–H groups in total. The molecule has 3 heteroatoms. The first-order valence-electron chi connectivity index (χ1n) is 4.49. The summed E-state index contributed by atoms with van der Waals surface area (Å²) in [5.74, 6) is -0.276. The van der Waals surface area contributed by atoms with Gasteiger partial charge in [-0.2, -0.15) is 5.26 Å². The van der Waals surface area contributed by atoms with E-state index in [-0.39, 0.29) is 5.91 Å². The van der Waals surface area contributed by atoms with Gasteiger partial charge in [0.25, 0.3) is 0 Å². The molecule has 0 saturated heterocycles. The Hall–Kier alpha value is -1.82. The molecule has 0 bridgehead atoms. The van der Waals surface area contributed by atoms with Crippen molar-refractivity contribution in [3.8, 4) is 6.07 Å². The summed E-state index contributed by atoms with van der Waals surface area (Å²) in [6.45, 7) is 0. The molecule has 72 valence electrons. The van der Waals surface area contributed by atoms with Crippen molar-refractivity contribution in [1.29, 1.82) is 5.26 Å². The number of aryl methyl sites for hydroxylation is 1. The maximum Gasteiger partial charge on any atom is 0.217 e. The summed E-state index contributed by atoms with van der Waals surface area (Å²) in [5, 5.41) is 8.65. The molecule has 0 heterocycles. The van der Waals surface area contributed by atoms with Crippen molar-refractivity contribution < 1.29 is 4.79 Å². The number of rotatable bonds is 4. The van der Waals surface area contributed by atoms with Crippen LogP contribution in [-0.4, -0.2) is 5.91 Å². The molecule has 0 saturated carbocycles. The number of primary amides is 1. The standard InChI is InChI=1S/C11H12N2O/c12-8-10-5-1-3-9(7-10)4-2-6-11(13)14/h1,3,5,7H,2,4,6H2,(H2,13,14). The second-order valence-corrected chi connectivity index (χ2v) is 3.13. The van der Waals surface area contributed by atoms with Gasteiger partial charge < -0.3 is 5.73 Å². The van der Waals surface area contributed by atoms with Crippen molar-refractivity contribution in [1.82, 2.24) is 0 Å². The highest BCUT2D eigenvalue weighted by molar-refractivity contribution is 5.73. The highest BCUT2D eigenvalue weighted by Gasteiger charge is 1.97. The predicted molar refractivity (Wildman–Crippen MR) is 53.3 cm³/mol. The number of nitrogens with two attached hydrogens (primary N) is 1. The second kappa shape index (κ2) is 5.03. The molecule has 0 spiro atoms. The Balaban J connectivity index is 2.51. The molecule has 0 fully saturated rings. The van der Waals surface area contributed by atoms with E-state index >= 15 is 0 Å². The maximum absolute atomic E-state index is 10.5. The van der Waals surface area contributed by atoms with E-state index in [2.05, 4.69) is 6.07 Å². The average Bonchev–Trinajstić information content (AvgIpc) is 2.18. The van der Waals surface area contributed by atoms with Crippen LogP contribution in [-0.2, 0) is 11.2 Å². The van der Waals surface area contributed by atoms with Crippen LogP contribution in [0.2, 0.25) is 0 Å². The molecule has 0 aromatic heterocycles. The smallest absolute Gasteiger partial charge is 0.217 e. The van der Waals surface area contributed by atoms with Gasteiger partial charge in [0.2, 0.25) is 5.91 Å². The zero-order chi connectivity index (χ0) is 10.4. The van der Waals surface area contributed by atoms with E-state index in [0.717, 1.165) is 18.4 Å². The Kier molecular flexibility index (Phi) is 3.69. The monoisotopic (exact) mass is 188 g/mol. The lowest BCUT2D eigenvalue weighted by molar-refractivity contribution is -0.118. The number of nitrogens with zero attached hydrogens (tertiary/aromatic N) is 1. The number of hydrogen-bond acceptors (Lipinski definition) is 2. The highest BCUT2D eigenvalue weighted by atomic mass is 16.1. The molecule has 0 aliphatic carbocycles. The Morgan fingerprint density at radius 2 is 2.29 bits per heavy atom. The van der Waals surface area contributed by atoms with Crippen LogP contribution in [0.5, 0.6) is 0 Å². The summed E-state index contributed by atoms with van der Waals surface area (Å²) in [5.41, 5.74) is 6.75. The van der Waals surface area contributed by atoms with Gasteiger partial charge in [-0.3, -0.25) is 4.79 Å². The first-order valence-corrected chi connectivity index (χ1v) is 4.49. The highest BCUT2D eigenvalue weighted by Crippen LogP contribution is 2.07. The molecule has 0 radical (unpaired) electrons. The number of benzene rings is 1. The predicted octanol–water partition coefficient (Wildman–Crippen LogP) is 1.37. The van der Waals surface area contributed by atoms with E-state index in [1.165, 1.54) is 0 Å². The second-order valence-electron chi connectivity index (χ2n) is 3.13. The minimum absolute atomic E-state index is 0.276. The number of hydrogen-bond donors (Lipinski definition) is 1. The van der Waals surface area contributed by atoms with E-state index < -0.39 is 0 Å². The number of amides is 1. The fourth-order valence-corrected chi connectivity index (χ4v) is 1.26. The van der Waals surface area contributed by atoms with Gasteiger partial charge in [0.05, 0.1) is 11.6 Å². The summed E-state index contributed by atoms with van der Waals surface area (Å²) in [7, 11) is 0. The fourth-order valence-electron chi connectivity index (χ4n) is 1.26. The minimum Gasteiger partial charge on any atom is -0.370 e. The quantitative estimate of drug-likeness (QED) is 0.775. The Morgan fingerprint density at radius 3 is 2.93 bits per heavy atom. The summed E-state index contributed by atoms with van der Waals surface area (Å²) in [4.78, 5) is 10.5. The molecule has 0 aliphatic rings. The normalized spacial score (nSPS) is 9.36. The zero-order valence-electron chi connectivity index (χ0n) is 7.86. The van der Waals surface area contributed by atoms with Crippen LogP contribution in [0.15, 0.2) is 24.3 Å². The molecule has 1 amide bonds. The Labute approximate surface area is 83.2 Å². The number of carbonyl (C=O) groups is 1. The van der Waals surface area contributed by atoms with E-state index in [1.54, 1.807) is 6.07 Å². The van der Waals surface area contributed by atoms with Gasteiger partial charge in [-0.15, -0.1) is 0 Å². The van der Waals surface area contributed by atoms with E-state index in [1.807, 2.05) is 18.2 Å². The number of carbonyl (C=O) groups excluding carboxylic acids is 1. The summed E-state index contributed by atoms with van der Waals surface area (Å²) in [6, 6.07) is 9.46. The summed E-state index contributed by atoms with van der Waals surface area (Å²) in [6.07, 6.45) is 1.93. The lowest BCUT2D eigenvalue weighted by Crippen LogP contribution is -2.10. The van der Waals surface area contributed by atoms with Crippen molar-refractivity contribution in [3.05, 3.63) is 35.4 Å². The third-order valence-corrected chi connectivity index (χ3v) is 1.94. The van der Waals surface area contributed by atoms with E-state index in [0.29, 0.717) is 12.0 Å². The summed E-state index contributed by atoms with van der Waals surface area (Å²) < 4.78 is 0. The van der Waals surface area contributed by atoms with Crippen LogP contribution in [0, 0.1) is 11.3 Å². The average molecular weight is 188 g/mol.